The molecule has 2 rings (SSSR count). The van der Waals surface area contributed by atoms with Gasteiger partial charge in [-0.15, -0.1) is 0 Å². The number of aliphatic hydroxyl groups excluding tert-OH is 1. The van der Waals surface area contributed by atoms with Gasteiger partial charge in [-0.25, -0.2) is 13.1 Å². The molecule has 3 N–H and O–H groups in total. The number of rotatable bonds is 7. The molecule has 9 heteroatoms. The van der Waals surface area contributed by atoms with Crippen molar-refractivity contribution in [2.45, 2.75) is 11.3 Å². The highest BCUT2D eigenvalue weighted by molar-refractivity contribution is 7.89. The molecule has 1 heterocycles. The summed E-state index contributed by atoms with van der Waals surface area (Å²) in [6.45, 7) is 0.231. The van der Waals surface area contributed by atoms with E-state index in [1.54, 1.807) is 0 Å². The van der Waals surface area contributed by atoms with Crippen molar-refractivity contribution >= 4 is 33.2 Å². The molecular formula is C12H15ClN2O5S. The van der Waals surface area contributed by atoms with Gasteiger partial charge < -0.3 is 15.2 Å². The Morgan fingerprint density at radius 2 is 2.14 bits per heavy atom. The van der Waals surface area contributed by atoms with E-state index in [1.165, 1.54) is 12.1 Å². The third-order valence-corrected chi connectivity index (χ3v) is 4.77. The maximum Gasteiger partial charge on any atom is 0.242 e. The molecule has 0 spiro atoms. The Morgan fingerprint density at radius 3 is 2.86 bits per heavy atom. The number of benzene rings is 1. The summed E-state index contributed by atoms with van der Waals surface area (Å²) in [5, 5.41) is 11.2. The molecule has 0 aliphatic carbocycles. The first kappa shape index (κ1) is 16.2. The first-order valence-corrected chi connectivity index (χ1v) is 8.10. The summed E-state index contributed by atoms with van der Waals surface area (Å²) >= 11 is 5.97. The molecule has 1 aromatic rings. The van der Waals surface area contributed by atoms with Gasteiger partial charge in [-0.3, -0.25) is 4.79 Å². The molecule has 21 heavy (non-hydrogen) atoms. The highest BCUT2D eigenvalue weighted by Crippen LogP contribution is 2.32. The average molecular weight is 335 g/mol. The minimum absolute atomic E-state index is 0.0414. The van der Waals surface area contributed by atoms with E-state index in [-0.39, 0.29) is 48.6 Å². The molecule has 0 aromatic heterocycles. The Labute approximate surface area is 127 Å². The maximum absolute atomic E-state index is 12.2. The number of ether oxygens (including phenoxy) is 1. The van der Waals surface area contributed by atoms with E-state index in [0.717, 1.165) is 0 Å². The predicted octanol–water partition coefficient (Wildman–Crippen LogP) is 0.122. The molecule has 0 fully saturated rings. The van der Waals surface area contributed by atoms with Crippen LogP contribution in [0.1, 0.15) is 5.56 Å². The summed E-state index contributed by atoms with van der Waals surface area (Å²) < 4.78 is 31.6. The van der Waals surface area contributed by atoms with Crippen LogP contribution >= 0.6 is 11.6 Å². The van der Waals surface area contributed by atoms with Gasteiger partial charge in [-0.05, 0) is 17.7 Å². The van der Waals surface area contributed by atoms with Crippen LogP contribution in [0.25, 0.3) is 0 Å². The van der Waals surface area contributed by atoms with Crippen molar-refractivity contribution in [1.82, 2.24) is 4.72 Å². The smallest absolute Gasteiger partial charge is 0.242 e. The normalized spacial score (nSPS) is 14.1. The van der Waals surface area contributed by atoms with Gasteiger partial charge in [0, 0.05) is 12.2 Å². The van der Waals surface area contributed by atoms with Crippen LogP contribution in [0.2, 0.25) is 5.02 Å². The quantitative estimate of drug-likeness (QED) is 0.614. The van der Waals surface area contributed by atoms with Crippen molar-refractivity contribution in [3.05, 3.63) is 22.7 Å². The van der Waals surface area contributed by atoms with Crippen LogP contribution < -0.4 is 10.0 Å². The molecule has 0 saturated heterocycles. The standard InChI is InChI=1S/C12H15ClN2O5S/c13-9-7-10-8(6-12(17)15-10)5-11(9)21(18,19)14-1-3-20-4-2-16/h5,7,14,16H,1-4,6H2,(H,15,17). The number of amides is 1. The van der Waals surface area contributed by atoms with Crippen molar-refractivity contribution < 1.29 is 23.1 Å². The number of sulfonamides is 1. The molecule has 116 valence electrons. The van der Waals surface area contributed by atoms with Crippen LogP contribution in [0.15, 0.2) is 17.0 Å². The lowest BCUT2D eigenvalue weighted by Crippen LogP contribution is -2.28. The Bertz CT molecular complexity index is 647. The number of carbonyl (C=O) groups is 1. The zero-order valence-electron chi connectivity index (χ0n) is 11.1. The first-order valence-electron chi connectivity index (χ1n) is 6.24. The molecule has 0 saturated carbocycles. The SMILES string of the molecule is O=C1Cc2cc(S(=O)(=O)NCCOCCO)c(Cl)cc2N1. The zero-order chi connectivity index (χ0) is 15.5. The number of halogens is 1. The predicted molar refractivity (Wildman–Crippen MR) is 76.9 cm³/mol. The first-order chi connectivity index (χ1) is 9.94. The monoisotopic (exact) mass is 334 g/mol. The molecule has 0 atom stereocenters. The second kappa shape index (κ2) is 6.71. The van der Waals surface area contributed by atoms with Gasteiger partial charge in [-0.2, -0.15) is 0 Å². The van der Waals surface area contributed by atoms with Gasteiger partial charge in [0.25, 0.3) is 0 Å². The second-order valence-electron chi connectivity index (χ2n) is 4.40. The molecular weight excluding hydrogens is 320 g/mol. The van der Waals surface area contributed by atoms with E-state index in [0.29, 0.717) is 11.3 Å². The van der Waals surface area contributed by atoms with Crippen LogP contribution in [-0.2, 0) is 26.0 Å². The van der Waals surface area contributed by atoms with Crippen molar-refractivity contribution in [3.8, 4) is 0 Å². The molecule has 1 aliphatic heterocycles. The molecule has 1 amide bonds. The number of hydrogen-bond donors (Lipinski definition) is 3. The lowest BCUT2D eigenvalue weighted by atomic mass is 10.2. The van der Waals surface area contributed by atoms with Gasteiger partial charge >= 0.3 is 0 Å². The summed E-state index contributed by atoms with van der Waals surface area (Å²) in [5.41, 5.74) is 1.14. The Kier molecular flexibility index (Phi) is 5.17. The molecule has 0 unspecified atom stereocenters. The second-order valence-corrected chi connectivity index (χ2v) is 6.54. The molecule has 7 nitrogen and oxygen atoms in total. The largest absolute Gasteiger partial charge is 0.394 e. The van der Waals surface area contributed by atoms with Crippen molar-refractivity contribution in [1.29, 1.82) is 0 Å². The Morgan fingerprint density at radius 1 is 1.38 bits per heavy atom. The van der Waals surface area contributed by atoms with Crippen molar-refractivity contribution in [2.75, 3.05) is 31.7 Å². The summed E-state index contributed by atoms with van der Waals surface area (Å²) in [5.74, 6) is -0.194. The van der Waals surface area contributed by atoms with E-state index in [4.69, 9.17) is 21.4 Å². The number of carbonyl (C=O) groups excluding carboxylic acids is 1. The van der Waals surface area contributed by atoms with E-state index in [1.807, 2.05) is 0 Å². The molecule has 0 bridgehead atoms. The minimum Gasteiger partial charge on any atom is -0.394 e. The van der Waals surface area contributed by atoms with Crippen molar-refractivity contribution in [3.63, 3.8) is 0 Å². The van der Waals surface area contributed by atoms with Crippen LogP contribution in [-0.4, -0.2) is 45.8 Å². The summed E-state index contributed by atoms with van der Waals surface area (Å²) in [6.07, 6.45) is 0.134. The fourth-order valence-electron chi connectivity index (χ4n) is 1.92. The van der Waals surface area contributed by atoms with Gasteiger partial charge in [0.05, 0.1) is 31.3 Å². The number of hydrogen-bond acceptors (Lipinski definition) is 5. The summed E-state index contributed by atoms with van der Waals surface area (Å²) in [7, 11) is -3.78. The number of aliphatic hydroxyl groups is 1. The number of nitrogens with one attached hydrogen (secondary N) is 2. The van der Waals surface area contributed by atoms with E-state index in [9.17, 15) is 13.2 Å². The highest BCUT2D eigenvalue weighted by atomic mass is 35.5. The number of anilines is 1. The topological polar surface area (TPSA) is 105 Å². The molecule has 1 aliphatic rings. The van der Waals surface area contributed by atoms with Crippen molar-refractivity contribution in [2.24, 2.45) is 0 Å². The van der Waals surface area contributed by atoms with Gasteiger partial charge in [0.15, 0.2) is 0 Å². The summed E-state index contributed by atoms with van der Waals surface area (Å²) in [6, 6.07) is 2.82. The maximum atomic E-state index is 12.2. The fourth-order valence-corrected chi connectivity index (χ4v) is 3.51. The average Bonchev–Trinajstić information content (AvgIpc) is 2.76. The zero-order valence-corrected chi connectivity index (χ0v) is 12.6. The fraction of sp³-hybridized carbons (Fsp3) is 0.417. The van der Waals surface area contributed by atoms with Gasteiger partial charge in [0.2, 0.25) is 15.9 Å². The lowest BCUT2D eigenvalue weighted by Gasteiger charge is -2.10. The third kappa shape index (κ3) is 3.92. The molecule has 1 aromatic carbocycles. The third-order valence-electron chi connectivity index (χ3n) is 2.85. The van der Waals surface area contributed by atoms with E-state index >= 15 is 0 Å². The Balaban J connectivity index is 2.10. The van der Waals surface area contributed by atoms with Gasteiger partial charge in [0.1, 0.15) is 4.90 Å². The highest BCUT2D eigenvalue weighted by Gasteiger charge is 2.24. The lowest BCUT2D eigenvalue weighted by molar-refractivity contribution is -0.115. The summed E-state index contributed by atoms with van der Waals surface area (Å²) in [4.78, 5) is 11.2. The van der Waals surface area contributed by atoms with E-state index in [2.05, 4.69) is 10.0 Å². The van der Waals surface area contributed by atoms with Crippen LogP contribution in [0, 0.1) is 0 Å². The number of fused-ring (bicyclic) bond motifs is 1. The molecule has 0 radical (unpaired) electrons. The van der Waals surface area contributed by atoms with E-state index < -0.39 is 10.0 Å². The van der Waals surface area contributed by atoms with Crippen LogP contribution in [0.5, 0.6) is 0 Å². The van der Waals surface area contributed by atoms with Gasteiger partial charge in [-0.1, -0.05) is 11.6 Å². The van der Waals surface area contributed by atoms with Crippen LogP contribution in [0.3, 0.4) is 0 Å². The van der Waals surface area contributed by atoms with Crippen LogP contribution in [0.4, 0.5) is 5.69 Å². The Hall–Kier alpha value is -1.19. The minimum atomic E-state index is -3.78.